The number of hydrogen-bond acceptors (Lipinski definition) is 7. The number of amides is 1. The summed E-state index contributed by atoms with van der Waals surface area (Å²) in [5.41, 5.74) is 1.63. The Hall–Kier alpha value is -2.91. The molecular formula is C21H24N2O6S. The molecule has 9 heteroatoms. The van der Waals surface area contributed by atoms with Crippen LogP contribution in [0, 0.1) is 0 Å². The van der Waals surface area contributed by atoms with E-state index < -0.39 is 28.3 Å². The van der Waals surface area contributed by atoms with Crippen LogP contribution in [-0.2, 0) is 28.9 Å². The number of nitrogens with one attached hydrogen (secondary N) is 1. The molecule has 0 bridgehead atoms. The predicted octanol–water partition coefficient (Wildman–Crippen LogP) is 1.87. The summed E-state index contributed by atoms with van der Waals surface area (Å²) >= 11 is 0. The quantitative estimate of drug-likeness (QED) is 0.636. The van der Waals surface area contributed by atoms with Gasteiger partial charge in [0.15, 0.2) is 16.4 Å². The van der Waals surface area contributed by atoms with E-state index in [1.54, 1.807) is 30.3 Å². The smallest absolute Gasteiger partial charge is 0.307 e. The largest absolute Gasteiger partial charge is 0.456 e. The predicted molar refractivity (Wildman–Crippen MR) is 112 cm³/mol. The topological polar surface area (TPSA) is 102 Å². The summed E-state index contributed by atoms with van der Waals surface area (Å²) < 4.78 is 34.5. The molecule has 1 aliphatic heterocycles. The number of esters is 1. The van der Waals surface area contributed by atoms with Crippen molar-refractivity contribution in [1.82, 2.24) is 0 Å². The fraction of sp³-hybridized carbons (Fsp3) is 0.333. The zero-order chi connectivity index (χ0) is 21.4. The van der Waals surface area contributed by atoms with Crippen LogP contribution < -0.4 is 10.2 Å². The van der Waals surface area contributed by atoms with Crippen LogP contribution in [-0.4, -0.2) is 59.0 Å². The average molecular weight is 432 g/mol. The normalized spacial score (nSPS) is 14.2. The van der Waals surface area contributed by atoms with Crippen LogP contribution in [0.5, 0.6) is 0 Å². The molecule has 0 atom stereocenters. The van der Waals surface area contributed by atoms with Crippen molar-refractivity contribution in [3.8, 4) is 0 Å². The fourth-order valence-electron chi connectivity index (χ4n) is 2.96. The summed E-state index contributed by atoms with van der Waals surface area (Å²) in [4.78, 5) is 26.2. The summed E-state index contributed by atoms with van der Waals surface area (Å²) in [5, 5.41) is 2.65. The molecule has 1 heterocycles. The first-order valence-electron chi connectivity index (χ1n) is 9.60. The minimum absolute atomic E-state index is 0.149. The summed E-state index contributed by atoms with van der Waals surface area (Å²) in [6, 6.07) is 15.2. The number of anilines is 2. The van der Waals surface area contributed by atoms with Gasteiger partial charge in [-0.2, -0.15) is 0 Å². The maximum Gasteiger partial charge on any atom is 0.307 e. The van der Waals surface area contributed by atoms with Crippen molar-refractivity contribution in [2.45, 2.75) is 11.3 Å². The molecule has 1 fully saturated rings. The second kappa shape index (κ2) is 10.2. The van der Waals surface area contributed by atoms with Gasteiger partial charge in [0.05, 0.1) is 30.3 Å². The van der Waals surface area contributed by atoms with Gasteiger partial charge < -0.3 is 19.7 Å². The first-order chi connectivity index (χ1) is 14.4. The lowest BCUT2D eigenvalue weighted by Crippen LogP contribution is -2.36. The van der Waals surface area contributed by atoms with Crippen molar-refractivity contribution in [3.63, 3.8) is 0 Å². The van der Waals surface area contributed by atoms with Crippen molar-refractivity contribution >= 4 is 33.1 Å². The van der Waals surface area contributed by atoms with Crippen molar-refractivity contribution in [2.75, 3.05) is 48.9 Å². The van der Waals surface area contributed by atoms with Gasteiger partial charge in [0.25, 0.3) is 5.91 Å². The lowest BCUT2D eigenvalue weighted by atomic mass is 10.2. The highest BCUT2D eigenvalue weighted by atomic mass is 32.2. The Bertz CT molecular complexity index is 955. The third kappa shape index (κ3) is 6.30. The third-order valence-electron chi connectivity index (χ3n) is 4.57. The highest BCUT2D eigenvalue weighted by molar-refractivity contribution is 7.91. The van der Waals surface area contributed by atoms with Crippen LogP contribution >= 0.6 is 0 Å². The van der Waals surface area contributed by atoms with Crippen LogP contribution in [0.1, 0.15) is 6.42 Å². The van der Waals surface area contributed by atoms with E-state index in [9.17, 15) is 18.0 Å². The second-order valence-electron chi connectivity index (χ2n) is 6.74. The SMILES string of the molecule is O=C(COC(=O)CCS(=O)(=O)c1ccccc1)Nc1ccc(N2CCOCC2)cc1. The number of benzene rings is 2. The van der Waals surface area contributed by atoms with E-state index in [-0.39, 0.29) is 17.1 Å². The standard InChI is InChI=1S/C21H24N2O6S/c24-20(22-17-6-8-18(9-7-17)23-11-13-28-14-12-23)16-29-21(25)10-15-30(26,27)19-4-2-1-3-5-19/h1-9H,10-16H2,(H,22,24). The van der Waals surface area contributed by atoms with Crippen molar-refractivity contribution in [2.24, 2.45) is 0 Å². The van der Waals surface area contributed by atoms with Gasteiger partial charge in [-0.05, 0) is 36.4 Å². The molecule has 0 aliphatic carbocycles. The van der Waals surface area contributed by atoms with E-state index in [0.717, 1.165) is 18.8 Å². The van der Waals surface area contributed by atoms with E-state index in [2.05, 4.69) is 10.2 Å². The van der Waals surface area contributed by atoms with Crippen LogP contribution in [0.2, 0.25) is 0 Å². The van der Waals surface area contributed by atoms with E-state index in [1.165, 1.54) is 12.1 Å². The van der Waals surface area contributed by atoms with Crippen LogP contribution in [0.15, 0.2) is 59.5 Å². The molecule has 0 spiro atoms. The molecular weight excluding hydrogens is 408 g/mol. The van der Waals surface area contributed by atoms with Gasteiger partial charge in [-0.25, -0.2) is 8.42 Å². The average Bonchev–Trinajstić information content (AvgIpc) is 2.78. The van der Waals surface area contributed by atoms with Crippen molar-refractivity contribution in [1.29, 1.82) is 0 Å². The van der Waals surface area contributed by atoms with Gasteiger partial charge >= 0.3 is 5.97 Å². The minimum Gasteiger partial charge on any atom is -0.456 e. The van der Waals surface area contributed by atoms with Gasteiger partial charge in [0.1, 0.15) is 0 Å². The zero-order valence-electron chi connectivity index (χ0n) is 16.5. The maximum atomic E-state index is 12.2. The van der Waals surface area contributed by atoms with Gasteiger partial charge in [-0.3, -0.25) is 9.59 Å². The Kier molecular flexibility index (Phi) is 7.42. The molecule has 1 N–H and O–H groups in total. The van der Waals surface area contributed by atoms with E-state index in [0.29, 0.717) is 18.9 Å². The number of morpholine rings is 1. The van der Waals surface area contributed by atoms with Gasteiger partial charge in [-0.1, -0.05) is 18.2 Å². The Morgan fingerprint density at radius 1 is 1.00 bits per heavy atom. The number of nitrogens with zero attached hydrogens (tertiary/aromatic N) is 1. The molecule has 0 saturated carbocycles. The third-order valence-corrected chi connectivity index (χ3v) is 6.30. The lowest BCUT2D eigenvalue weighted by Gasteiger charge is -2.28. The van der Waals surface area contributed by atoms with Crippen molar-refractivity contribution in [3.05, 3.63) is 54.6 Å². The van der Waals surface area contributed by atoms with Crippen molar-refractivity contribution < 1.29 is 27.5 Å². The molecule has 1 amide bonds. The Morgan fingerprint density at radius 3 is 2.33 bits per heavy atom. The van der Waals surface area contributed by atoms with Crippen LogP contribution in [0.25, 0.3) is 0 Å². The zero-order valence-corrected chi connectivity index (χ0v) is 17.3. The fourth-order valence-corrected chi connectivity index (χ4v) is 4.20. The van der Waals surface area contributed by atoms with E-state index >= 15 is 0 Å². The number of ether oxygens (including phenoxy) is 2. The Balaban J connectivity index is 1.41. The van der Waals surface area contributed by atoms with Gasteiger partial charge in [0, 0.05) is 24.5 Å². The summed E-state index contributed by atoms with van der Waals surface area (Å²) in [6.45, 7) is 2.55. The summed E-state index contributed by atoms with van der Waals surface area (Å²) in [7, 11) is -3.57. The number of sulfone groups is 1. The van der Waals surface area contributed by atoms with Crippen LogP contribution in [0.3, 0.4) is 0 Å². The molecule has 30 heavy (non-hydrogen) atoms. The molecule has 0 aromatic heterocycles. The molecule has 2 aromatic rings. The van der Waals surface area contributed by atoms with Crippen LogP contribution in [0.4, 0.5) is 11.4 Å². The molecule has 3 rings (SSSR count). The number of rotatable bonds is 8. The lowest BCUT2D eigenvalue weighted by molar-refractivity contribution is -0.146. The minimum atomic E-state index is -3.57. The number of carbonyl (C=O) groups is 2. The summed E-state index contributed by atoms with van der Waals surface area (Å²) in [6.07, 6.45) is -0.321. The second-order valence-corrected chi connectivity index (χ2v) is 8.85. The molecule has 0 unspecified atom stereocenters. The highest BCUT2D eigenvalue weighted by Crippen LogP contribution is 2.19. The molecule has 1 aliphatic rings. The van der Waals surface area contributed by atoms with Gasteiger partial charge in [0.2, 0.25) is 0 Å². The molecule has 0 radical (unpaired) electrons. The molecule has 1 saturated heterocycles. The molecule has 160 valence electrons. The maximum absolute atomic E-state index is 12.2. The Morgan fingerprint density at radius 2 is 1.67 bits per heavy atom. The molecule has 8 nitrogen and oxygen atoms in total. The van der Waals surface area contributed by atoms with E-state index in [1.807, 2.05) is 12.1 Å². The first kappa shape index (κ1) is 21.8. The highest BCUT2D eigenvalue weighted by Gasteiger charge is 2.17. The first-order valence-corrected chi connectivity index (χ1v) is 11.3. The number of hydrogen-bond donors (Lipinski definition) is 1. The summed E-state index contributed by atoms with van der Waals surface area (Å²) in [5.74, 6) is -1.61. The van der Waals surface area contributed by atoms with E-state index in [4.69, 9.17) is 9.47 Å². The molecule has 2 aromatic carbocycles. The Labute approximate surface area is 175 Å². The van der Waals surface area contributed by atoms with Gasteiger partial charge in [-0.15, -0.1) is 0 Å². The number of carbonyl (C=O) groups excluding carboxylic acids is 2. The monoisotopic (exact) mass is 432 g/mol.